The van der Waals surface area contributed by atoms with E-state index in [1.54, 1.807) is 24.1 Å². The number of nitrogens with two attached hydrogens (primary N) is 1. The second kappa shape index (κ2) is 10.7. The number of anilines is 1. The second-order valence-electron chi connectivity index (χ2n) is 9.22. The number of primary amides is 1. The number of rotatable bonds is 7. The van der Waals surface area contributed by atoms with Crippen LogP contribution in [-0.4, -0.2) is 31.5 Å². The van der Waals surface area contributed by atoms with Gasteiger partial charge in [0.2, 0.25) is 11.8 Å². The molecule has 5 rings (SSSR count). The lowest BCUT2D eigenvalue weighted by atomic mass is 9.76. The summed E-state index contributed by atoms with van der Waals surface area (Å²) < 4.78 is 6.20. The zero-order valence-electron chi connectivity index (χ0n) is 21.1. The quantitative estimate of drug-likeness (QED) is 0.288. The van der Waals surface area contributed by atoms with Gasteiger partial charge in [-0.1, -0.05) is 97.1 Å². The first kappa shape index (κ1) is 25.0. The molecule has 0 fully saturated rings. The molecule has 0 aliphatic carbocycles. The van der Waals surface area contributed by atoms with Crippen molar-refractivity contribution in [1.29, 1.82) is 0 Å². The van der Waals surface area contributed by atoms with Crippen molar-refractivity contribution in [2.75, 3.05) is 18.6 Å². The van der Waals surface area contributed by atoms with Gasteiger partial charge in [0.15, 0.2) is 0 Å². The van der Waals surface area contributed by atoms with E-state index in [1.807, 2.05) is 66.7 Å². The van der Waals surface area contributed by atoms with Gasteiger partial charge in [-0.2, -0.15) is 0 Å². The third-order valence-electron chi connectivity index (χ3n) is 6.83. The van der Waals surface area contributed by atoms with Gasteiger partial charge >= 0.3 is 0 Å². The number of amides is 2. The Hall–Kier alpha value is -4.68. The first-order valence-corrected chi connectivity index (χ1v) is 12.5. The van der Waals surface area contributed by atoms with E-state index in [0.717, 1.165) is 22.3 Å². The maximum absolute atomic E-state index is 13.9. The molecule has 2 amide bonds. The van der Waals surface area contributed by atoms with Gasteiger partial charge < -0.3 is 15.4 Å². The first-order valence-electron chi connectivity index (χ1n) is 12.5. The largest absolute Gasteiger partial charge is 0.489 e. The minimum atomic E-state index is -0.819. The Morgan fingerprint density at radius 3 is 1.92 bits per heavy atom. The number of hydrogen-bond donors (Lipinski definition) is 2. The summed E-state index contributed by atoms with van der Waals surface area (Å²) in [5, 5.41) is 3.74. The summed E-state index contributed by atoms with van der Waals surface area (Å²) in [5.74, 6) is -0.0815. The van der Waals surface area contributed by atoms with E-state index >= 15 is 0 Å². The summed E-state index contributed by atoms with van der Waals surface area (Å²) in [7, 11) is 1.74. The number of ether oxygens (including phenoxy) is 1. The molecule has 1 atom stereocenters. The SMILES string of the molecule is CN1C(=O)C(NC(c2ccccc2)(c2ccccc2)c2ccccc2)COc2ccc(/C=C/C(N)=O)cc21. The number of likely N-dealkylation sites (N-methyl/N-ethyl adjacent to an activating group) is 1. The molecule has 3 N–H and O–H groups in total. The van der Waals surface area contributed by atoms with Crippen LogP contribution in [0.1, 0.15) is 22.3 Å². The Bertz CT molecular complexity index is 1360. The van der Waals surface area contributed by atoms with Crippen LogP contribution in [0.4, 0.5) is 5.69 Å². The molecule has 1 unspecified atom stereocenters. The molecule has 0 bridgehead atoms. The normalized spacial score (nSPS) is 15.6. The fourth-order valence-electron chi connectivity index (χ4n) is 4.98. The van der Waals surface area contributed by atoms with Crippen LogP contribution in [0.3, 0.4) is 0 Å². The predicted molar refractivity (Wildman–Crippen MR) is 150 cm³/mol. The van der Waals surface area contributed by atoms with Crippen LogP contribution in [-0.2, 0) is 15.1 Å². The van der Waals surface area contributed by atoms with Crippen LogP contribution in [0.5, 0.6) is 5.75 Å². The maximum atomic E-state index is 13.9. The molecule has 6 heteroatoms. The molecule has 0 saturated heterocycles. The number of hydrogen-bond acceptors (Lipinski definition) is 4. The third kappa shape index (κ3) is 4.82. The van der Waals surface area contributed by atoms with E-state index in [9.17, 15) is 9.59 Å². The lowest BCUT2D eigenvalue weighted by molar-refractivity contribution is -0.121. The summed E-state index contributed by atoms with van der Waals surface area (Å²) in [4.78, 5) is 26.8. The van der Waals surface area contributed by atoms with E-state index in [1.165, 1.54) is 6.08 Å². The molecule has 190 valence electrons. The standard InChI is InChI=1S/C32H29N3O3/c1-35-28-21-23(18-20-30(33)36)17-19-29(28)38-22-27(31(35)37)34-32(24-11-5-2-6-12-24,25-13-7-3-8-14-25)26-15-9-4-10-16-26/h2-21,27,34H,22H2,1H3,(H2,33,36)/b20-18+. The van der Waals surface area contributed by atoms with Gasteiger partial charge in [-0.15, -0.1) is 0 Å². The minimum Gasteiger partial charge on any atom is -0.489 e. The number of fused-ring (bicyclic) bond motifs is 1. The van der Waals surface area contributed by atoms with Gasteiger partial charge in [0.1, 0.15) is 18.4 Å². The molecule has 1 heterocycles. The molecule has 4 aromatic rings. The van der Waals surface area contributed by atoms with Crippen molar-refractivity contribution in [3.05, 3.63) is 138 Å². The summed E-state index contributed by atoms with van der Waals surface area (Å²) in [6, 6.07) is 35.2. The van der Waals surface area contributed by atoms with E-state index in [4.69, 9.17) is 10.5 Å². The van der Waals surface area contributed by atoms with Gasteiger partial charge in [0.25, 0.3) is 0 Å². The minimum absolute atomic E-state index is 0.132. The van der Waals surface area contributed by atoms with Crippen LogP contribution in [0.2, 0.25) is 0 Å². The highest BCUT2D eigenvalue weighted by atomic mass is 16.5. The predicted octanol–water partition coefficient (Wildman–Crippen LogP) is 4.49. The molecular weight excluding hydrogens is 474 g/mol. The van der Waals surface area contributed by atoms with Crippen LogP contribution < -0.4 is 20.7 Å². The second-order valence-corrected chi connectivity index (χ2v) is 9.22. The molecule has 38 heavy (non-hydrogen) atoms. The van der Waals surface area contributed by atoms with Gasteiger partial charge in [-0.3, -0.25) is 14.9 Å². The highest BCUT2D eigenvalue weighted by Gasteiger charge is 2.41. The Morgan fingerprint density at radius 1 is 0.895 bits per heavy atom. The molecule has 0 saturated carbocycles. The molecule has 0 spiro atoms. The van der Waals surface area contributed by atoms with Crippen molar-refractivity contribution >= 4 is 23.6 Å². The number of nitrogens with zero attached hydrogens (tertiary/aromatic N) is 1. The van der Waals surface area contributed by atoms with E-state index in [0.29, 0.717) is 11.4 Å². The summed E-state index contributed by atoms with van der Waals surface area (Å²) in [5.41, 5.74) is 8.82. The third-order valence-corrected chi connectivity index (χ3v) is 6.83. The average Bonchev–Trinajstić information content (AvgIpc) is 3.08. The Labute approximate surface area is 222 Å². The highest BCUT2D eigenvalue weighted by molar-refractivity contribution is 5.99. The number of benzene rings is 4. The molecule has 0 radical (unpaired) electrons. The Morgan fingerprint density at radius 2 is 1.42 bits per heavy atom. The molecular formula is C32H29N3O3. The number of carbonyl (C=O) groups is 2. The summed E-state index contributed by atoms with van der Waals surface area (Å²) >= 11 is 0. The zero-order valence-corrected chi connectivity index (χ0v) is 21.1. The van der Waals surface area contributed by atoms with Crippen LogP contribution in [0.15, 0.2) is 115 Å². The van der Waals surface area contributed by atoms with Crippen LogP contribution >= 0.6 is 0 Å². The molecule has 1 aliphatic rings. The maximum Gasteiger partial charge on any atom is 0.247 e. The molecule has 1 aliphatic heterocycles. The molecule has 4 aromatic carbocycles. The van der Waals surface area contributed by atoms with E-state index in [2.05, 4.69) is 41.7 Å². The zero-order chi connectivity index (χ0) is 26.5. The fourth-order valence-corrected chi connectivity index (χ4v) is 4.98. The lowest BCUT2D eigenvalue weighted by Crippen LogP contribution is -2.56. The topological polar surface area (TPSA) is 84.7 Å². The van der Waals surface area contributed by atoms with Gasteiger partial charge in [-0.05, 0) is 40.5 Å². The molecule has 6 nitrogen and oxygen atoms in total. The monoisotopic (exact) mass is 503 g/mol. The smallest absolute Gasteiger partial charge is 0.247 e. The lowest BCUT2D eigenvalue weighted by Gasteiger charge is -2.39. The summed E-state index contributed by atoms with van der Waals surface area (Å²) in [6.45, 7) is 0.140. The van der Waals surface area contributed by atoms with Crippen molar-refractivity contribution in [2.45, 2.75) is 11.6 Å². The fraction of sp³-hybridized carbons (Fsp3) is 0.125. The Kier molecular flexibility index (Phi) is 7.07. The van der Waals surface area contributed by atoms with E-state index in [-0.39, 0.29) is 12.5 Å². The average molecular weight is 504 g/mol. The molecule has 0 aromatic heterocycles. The van der Waals surface area contributed by atoms with Gasteiger partial charge in [0.05, 0.1) is 11.2 Å². The number of nitrogens with one attached hydrogen (secondary N) is 1. The van der Waals surface area contributed by atoms with E-state index < -0.39 is 17.5 Å². The summed E-state index contributed by atoms with van der Waals surface area (Å²) in [6.07, 6.45) is 2.91. The van der Waals surface area contributed by atoms with Crippen molar-refractivity contribution in [3.63, 3.8) is 0 Å². The van der Waals surface area contributed by atoms with Crippen LogP contribution in [0.25, 0.3) is 6.08 Å². The van der Waals surface area contributed by atoms with Gasteiger partial charge in [-0.25, -0.2) is 0 Å². The van der Waals surface area contributed by atoms with Gasteiger partial charge in [0, 0.05) is 13.1 Å². The van der Waals surface area contributed by atoms with Crippen molar-refractivity contribution in [3.8, 4) is 5.75 Å². The van der Waals surface area contributed by atoms with Crippen molar-refractivity contribution < 1.29 is 14.3 Å². The number of carbonyl (C=O) groups excluding carboxylic acids is 2. The Balaban J connectivity index is 1.59. The van der Waals surface area contributed by atoms with Crippen molar-refractivity contribution in [2.24, 2.45) is 5.73 Å². The highest BCUT2D eigenvalue weighted by Crippen LogP contribution is 2.39. The van der Waals surface area contributed by atoms with Crippen LogP contribution in [0, 0.1) is 0 Å². The first-order chi connectivity index (χ1) is 18.5. The van der Waals surface area contributed by atoms with Crippen molar-refractivity contribution in [1.82, 2.24) is 5.32 Å².